The SMILES string of the molecule is CCC(=O)OC1CCCC(OC(=O)CC)C1. The van der Waals surface area contributed by atoms with E-state index in [4.69, 9.17) is 9.47 Å². The molecular weight excluding hydrogens is 208 g/mol. The summed E-state index contributed by atoms with van der Waals surface area (Å²) in [5.41, 5.74) is 0. The monoisotopic (exact) mass is 228 g/mol. The van der Waals surface area contributed by atoms with Gasteiger partial charge in [0.25, 0.3) is 0 Å². The third-order valence-corrected chi connectivity index (χ3v) is 2.75. The van der Waals surface area contributed by atoms with Crippen LogP contribution in [0.15, 0.2) is 0 Å². The highest BCUT2D eigenvalue weighted by Crippen LogP contribution is 2.24. The lowest BCUT2D eigenvalue weighted by atomic mass is 9.95. The van der Waals surface area contributed by atoms with Crippen LogP contribution in [0.5, 0.6) is 0 Å². The first kappa shape index (κ1) is 13.0. The summed E-state index contributed by atoms with van der Waals surface area (Å²) in [5.74, 6) is -0.347. The second kappa shape index (κ2) is 6.51. The van der Waals surface area contributed by atoms with Gasteiger partial charge in [-0.1, -0.05) is 13.8 Å². The zero-order valence-electron chi connectivity index (χ0n) is 10.0. The van der Waals surface area contributed by atoms with Crippen molar-refractivity contribution in [2.24, 2.45) is 0 Å². The molecule has 1 aliphatic rings. The third-order valence-electron chi connectivity index (χ3n) is 2.75. The molecule has 4 nitrogen and oxygen atoms in total. The van der Waals surface area contributed by atoms with E-state index in [9.17, 15) is 9.59 Å². The van der Waals surface area contributed by atoms with Crippen molar-refractivity contribution < 1.29 is 19.1 Å². The zero-order chi connectivity index (χ0) is 12.0. The van der Waals surface area contributed by atoms with Crippen molar-refractivity contribution in [2.75, 3.05) is 0 Å². The molecule has 0 amide bonds. The van der Waals surface area contributed by atoms with Crippen molar-refractivity contribution in [1.29, 1.82) is 0 Å². The van der Waals surface area contributed by atoms with Crippen molar-refractivity contribution in [3.63, 3.8) is 0 Å². The molecule has 0 spiro atoms. The predicted octanol–water partition coefficient (Wildman–Crippen LogP) is 2.20. The van der Waals surface area contributed by atoms with Crippen molar-refractivity contribution in [3.8, 4) is 0 Å². The Balaban J connectivity index is 2.35. The smallest absolute Gasteiger partial charge is 0.305 e. The molecule has 0 aromatic carbocycles. The lowest BCUT2D eigenvalue weighted by Gasteiger charge is -2.28. The minimum Gasteiger partial charge on any atom is -0.462 e. The van der Waals surface area contributed by atoms with Gasteiger partial charge in [-0.15, -0.1) is 0 Å². The molecule has 1 fully saturated rings. The molecule has 1 rings (SSSR count). The number of ether oxygens (including phenoxy) is 2. The second-order valence-electron chi connectivity index (χ2n) is 4.10. The fraction of sp³-hybridized carbons (Fsp3) is 0.833. The molecule has 92 valence electrons. The molecular formula is C12H20O4. The number of hydrogen-bond donors (Lipinski definition) is 0. The topological polar surface area (TPSA) is 52.6 Å². The summed E-state index contributed by atoms with van der Waals surface area (Å²) in [6.07, 6.45) is 4.01. The summed E-state index contributed by atoms with van der Waals surface area (Å²) in [6.45, 7) is 3.56. The van der Waals surface area contributed by atoms with Gasteiger partial charge in [0, 0.05) is 19.3 Å². The predicted molar refractivity (Wildman–Crippen MR) is 58.8 cm³/mol. The van der Waals surface area contributed by atoms with E-state index in [1.165, 1.54) is 0 Å². The molecule has 0 bridgehead atoms. The molecule has 0 aromatic heterocycles. The first-order valence-corrected chi connectivity index (χ1v) is 6.04. The van der Waals surface area contributed by atoms with Crippen LogP contribution in [0.25, 0.3) is 0 Å². The van der Waals surface area contributed by atoms with Gasteiger partial charge < -0.3 is 9.47 Å². The van der Waals surface area contributed by atoms with Crippen LogP contribution >= 0.6 is 0 Å². The van der Waals surface area contributed by atoms with Gasteiger partial charge >= 0.3 is 11.9 Å². The Bertz CT molecular complexity index is 225. The van der Waals surface area contributed by atoms with E-state index in [2.05, 4.69) is 0 Å². The Morgan fingerprint density at radius 2 is 1.44 bits per heavy atom. The maximum absolute atomic E-state index is 11.1. The summed E-state index contributed by atoms with van der Waals surface area (Å²) in [6, 6.07) is 0. The van der Waals surface area contributed by atoms with Crippen LogP contribution in [0.3, 0.4) is 0 Å². The molecule has 1 aliphatic carbocycles. The average Bonchev–Trinajstić information content (AvgIpc) is 2.29. The standard InChI is InChI=1S/C12H20O4/c1-3-11(13)15-9-6-5-7-10(8-9)16-12(14)4-2/h9-10H,3-8H2,1-2H3. The normalized spacial score (nSPS) is 24.9. The van der Waals surface area contributed by atoms with Crippen LogP contribution in [0.1, 0.15) is 52.4 Å². The Morgan fingerprint density at radius 1 is 1.00 bits per heavy atom. The van der Waals surface area contributed by atoms with Gasteiger partial charge in [-0.05, 0) is 19.3 Å². The lowest BCUT2D eigenvalue weighted by molar-refractivity contribution is -0.158. The minimum atomic E-state index is -0.174. The average molecular weight is 228 g/mol. The maximum atomic E-state index is 11.1. The first-order valence-electron chi connectivity index (χ1n) is 6.04. The number of esters is 2. The molecule has 0 N–H and O–H groups in total. The van der Waals surface area contributed by atoms with E-state index in [-0.39, 0.29) is 24.1 Å². The molecule has 0 saturated heterocycles. The van der Waals surface area contributed by atoms with Gasteiger partial charge in [0.05, 0.1) is 0 Å². The van der Waals surface area contributed by atoms with Crippen LogP contribution in [0, 0.1) is 0 Å². The molecule has 0 aromatic rings. The molecule has 0 radical (unpaired) electrons. The van der Waals surface area contributed by atoms with Crippen LogP contribution in [0.2, 0.25) is 0 Å². The van der Waals surface area contributed by atoms with E-state index in [0.29, 0.717) is 19.3 Å². The molecule has 4 heteroatoms. The maximum Gasteiger partial charge on any atom is 0.305 e. The quantitative estimate of drug-likeness (QED) is 0.692. The Kier molecular flexibility index (Phi) is 5.29. The van der Waals surface area contributed by atoms with Crippen molar-refractivity contribution >= 4 is 11.9 Å². The number of hydrogen-bond acceptors (Lipinski definition) is 4. The molecule has 2 atom stereocenters. The van der Waals surface area contributed by atoms with Crippen molar-refractivity contribution in [3.05, 3.63) is 0 Å². The van der Waals surface area contributed by atoms with Crippen LogP contribution < -0.4 is 0 Å². The summed E-state index contributed by atoms with van der Waals surface area (Å²) < 4.78 is 10.5. The Labute approximate surface area is 96.3 Å². The first-order chi connectivity index (χ1) is 7.65. The van der Waals surface area contributed by atoms with E-state index in [0.717, 1.165) is 19.3 Å². The lowest BCUT2D eigenvalue weighted by Crippen LogP contribution is -2.31. The van der Waals surface area contributed by atoms with Crippen LogP contribution in [-0.4, -0.2) is 24.1 Å². The van der Waals surface area contributed by atoms with Crippen molar-refractivity contribution in [2.45, 2.75) is 64.6 Å². The van der Waals surface area contributed by atoms with Crippen LogP contribution in [0.4, 0.5) is 0 Å². The minimum absolute atomic E-state index is 0.0733. The summed E-state index contributed by atoms with van der Waals surface area (Å²) >= 11 is 0. The largest absolute Gasteiger partial charge is 0.462 e. The van der Waals surface area contributed by atoms with Gasteiger partial charge in [0.15, 0.2) is 0 Å². The third kappa shape index (κ3) is 4.21. The highest BCUT2D eigenvalue weighted by Gasteiger charge is 2.26. The highest BCUT2D eigenvalue weighted by molar-refractivity contribution is 5.69. The van der Waals surface area contributed by atoms with Gasteiger partial charge in [0.1, 0.15) is 12.2 Å². The van der Waals surface area contributed by atoms with Gasteiger partial charge in [0.2, 0.25) is 0 Å². The van der Waals surface area contributed by atoms with E-state index < -0.39 is 0 Å². The number of rotatable bonds is 4. The summed E-state index contributed by atoms with van der Waals surface area (Å²) in [7, 11) is 0. The fourth-order valence-electron chi connectivity index (χ4n) is 1.85. The summed E-state index contributed by atoms with van der Waals surface area (Å²) in [4.78, 5) is 22.3. The molecule has 0 aliphatic heterocycles. The van der Waals surface area contributed by atoms with Crippen LogP contribution in [-0.2, 0) is 19.1 Å². The number of carbonyl (C=O) groups excluding carboxylic acids is 2. The van der Waals surface area contributed by atoms with E-state index in [1.54, 1.807) is 13.8 Å². The van der Waals surface area contributed by atoms with Gasteiger partial charge in [-0.3, -0.25) is 9.59 Å². The summed E-state index contributed by atoms with van der Waals surface area (Å²) in [5, 5.41) is 0. The van der Waals surface area contributed by atoms with Gasteiger partial charge in [-0.25, -0.2) is 0 Å². The second-order valence-corrected chi connectivity index (χ2v) is 4.10. The molecule has 0 heterocycles. The molecule has 16 heavy (non-hydrogen) atoms. The van der Waals surface area contributed by atoms with Gasteiger partial charge in [-0.2, -0.15) is 0 Å². The van der Waals surface area contributed by atoms with E-state index >= 15 is 0 Å². The molecule has 2 unspecified atom stereocenters. The molecule has 1 saturated carbocycles. The number of carbonyl (C=O) groups is 2. The van der Waals surface area contributed by atoms with E-state index in [1.807, 2.05) is 0 Å². The Hall–Kier alpha value is -1.06. The Morgan fingerprint density at radius 3 is 1.81 bits per heavy atom. The highest BCUT2D eigenvalue weighted by atomic mass is 16.6. The fourth-order valence-corrected chi connectivity index (χ4v) is 1.85. The zero-order valence-corrected chi connectivity index (χ0v) is 10.0. The van der Waals surface area contributed by atoms with Crippen molar-refractivity contribution in [1.82, 2.24) is 0 Å².